The van der Waals surface area contributed by atoms with Gasteiger partial charge in [0, 0.05) is 10.6 Å². The van der Waals surface area contributed by atoms with Crippen LogP contribution >= 0.6 is 11.6 Å². The summed E-state index contributed by atoms with van der Waals surface area (Å²) >= 11 is 5.95. The number of carbonyl (C=O) groups excluding carboxylic acids is 3. The lowest BCUT2D eigenvalue weighted by Gasteiger charge is -2.17. The van der Waals surface area contributed by atoms with E-state index in [9.17, 15) is 14.4 Å². The Morgan fingerprint density at radius 1 is 1.07 bits per heavy atom. The van der Waals surface area contributed by atoms with Crippen molar-refractivity contribution in [2.45, 2.75) is 12.5 Å². The maximum absolute atomic E-state index is 12.7. The Labute approximate surface area is 177 Å². The van der Waals surface area contributed by atoms with Gasteiger partial charge in [-0.15, -0.1) is 0 Å². The van der Waals surface area contributed by atoms with Crippen molar-refractivity contribution in [1.82, 2.24) is 10.9 Å². The van der Waals surface area contributed by atoms with E-state index < -0.39 is 23.8 Å². The molecule has 0 aromatic heterocycles. The number of hydrogen-bond acceptors (Lipinski definition) is 7. The fourth-order valence-electron chi connectivity index (χ4n) is 3.07. The molecule has 0 radical (unpaired) electrons. The molecule has 2 aromatic carbocycles. The van der Waals surface area contributed by atoms with Crippen molar-refractivity contribution < 1.29 is 28.6 Å². The van der Waals surface area contributed by atoms with Crippen LogP contribution in [-0.4, -0.2) is 45.1 Å². The van der Waals surface area contributed by atoms with Gasteiger partial charge in [0.1, 0.15) is 6.04 Å². The molecule has 158 valence electrons. The molecule has 0 spiro atoms. The van der Waals surface area contributed by atoms with Gasteiger partial charge in [-0.1, -0.05) is 17.7 Å². The molecule has 3 rings (SSSR count). The van der Waals surface area contributed by atoms with Gasteiger partial charge in [-0.2, -0.15) is 0 Å². The van der Waals surface area contributed by atoms with Gasteiger partial charge >= 0.3 is 0 Å². The van der Waals surface area contributed by atoms with Crippen LogP contribution < -0.4 is 30.0 Å². The molecule has 1 atom stereocenters. The first-order chi connectivity index (χ1) is 14.4. The Kier molecular flexibility index (Phi) is 6.43. The van der Waals surface area contributed by atoms with Crippen molar-refractivity contribution in [3.05, 3.63) is 47.0 Å². The first kappa shape index (κ1) is 21.4. The van der Waals surface area contributed by atoms with E-state index in [1.807, 2.05) is 0 Å². The molecule has 1 aliphatic heterocycles. The third-order valence-electron chi connectivity index (χ3n) is 4.50. The molecule has 0 aliphatic carbocycles. The van der Waals surface area contributed by atoms with Crippen molar-refractivity contribution in [3.8, 4) is 17.2 Å². The molecule has 9 nitrogen and oxygen atoms in total. The van der Waals surface area contributed by atoms with Crippen molar-refractivity contribution in [1.29, 1.82) is 0 Å². The van der Waals surface area contributed by atoms with Gasteiger partial charge < -0.3 is 14.2 Å². The maximum atomic E-state index is 12.7. The number of carbonyl (C=O) groups is 3. The molecule has 1 unspecified atom stereocenters. The van der Waals surface area contributed by atoms with Gasteiger partial charge in [0.25, 0.3) is 11.8 Å². The van der Waals surface area contributed by atoms with E-state index in [0.717, 1.165) is 4.90 Å². The average Bonchev–Trinajstić information content (AvgIpc) is 3.03. The average molecular weight is 434 g/mol. The summed E-state index contributed by atoms with van der Waals surface area (Å²) in [6.07, 6.45) is -0.110. The molecular weight excluding hydrogens is 414 g/mol. The van der Waals surface area contributed by atoms with Crippen LogP contribution in [0.1, 0.15) is 16.8 Å². The summed E-state index contributed by atoms with van der Waals surface area (Å²) in [4.78, 5) is 38.6. The van der Waals surface area contributed by atoms with E-state index in [1.54, 1.807) is 18.2 Å². The van der Waals surface area contributed by atoms with Gasteiger partial charge in [0.05, 0.1) is 33.4 Å². The smallest absolute Gasteiger partial charge is 0.265 e. The SMILES string of the molecule is COc1cc(C(=O)NNC2CC(=O)N(c3cccc(Cl)c3)C2=O)cc(OC)c1OC. The predicted molar refractivity (Wildman–Crippen MR) is 109 cm³/mol. The normalized spacial score (nSPS) is 15.9. The number of hydrazine groups is 1. The number of nitrogens with one attached hydrogen (secondary N) is 2. The van der Waals surface area contributed by atoms with Crippen molar-refractivity contribution in [2.24, 2.45) is 0 Å². The van der Waals surface area contributed by atoms with Gasteiger partial charge in [0.15, 0.2) is 11.5 Å². The number of nitrogens with zero attached hydrogens (tertiary/aromatic N) is 1. The van der Waals surface area contributed by atoms with Crippen LogP contribution in [0.3, 0.4) is 0 Å². The lowest BCUT2D eigenvalue weighted by Crippen LogP contribution is -2.48. The minimum atomic E-state index is -0.914. The number of halogens is 1. The number of methoxy groups -OCH3 is 3. The van der Waals surface area contributed by atoms with Crippen LogP contribution in [0.4, 0.5) is 5.69 Å². The highest BCUT2D eigenvalue weighted by Gasteiger charge is 2.39. The molecule has 1 saturated heterocycles. The first-order valence-corrected chi connectivity index (χ1v) is 9.25. The Bertz CT molecular complexity index is 971. The third kappa shape index (κ3) is 4.17. The number of amides is 3. The highest BCUT2D eigenvalue weighted by molar-refractivity contribution is 6.31. The lowest BCUT2D eigenvalue weighted by atomic mass is 10.1. The highest BCUT2D eigenvalue weighted by Crippen LogP contribution is 2.38. The molecule has 30 heavy (non-hydrogen) atoms. The number of anilines is 1. The summed E-state index contributed by atoms with van der Waals surface area (Å²) in [6.45, 7) is 0. The molecular formula is C20H20ClN3O6. The number of imide groups is 1. The van der Waals surface area contributed by atoms with E-state index in [4.69, 9.17) is 25.8 Å². The van der Waals surface area contributed by atoms with Crippen LogP contribution in [-0.2, 0) is 9.59 Å². The molecule has 2 N–H and O–H groups in total. The zero-order valence-corrected chi connectivity index (χ0v) is 17.3. The summed E-state index contributed by atoms with van der Waals surface area (Å²) < 4.78 is 15.7. The number of hydrogen-bond donors (Lipinski definition) is 2. The van der Waals surface area contributed by atoms with Crippen LogP contribution in [0.15, 0.2) is 36.4 Å². The van der Waals surface area contributed by atoms with Gasteiger partial charge in [-0.3, -0.25) is 19.8 Å². The minimum absolute atomic E-state index is 0.110. The maximum Gasteiger partial charge on any atom is 0.265 e. The van der Waals surface area contributed by atoms with E-state index >= 15 is 0 Å². The summed E-state index contributed by atoms with van der Waals surface area (Å²) in [5, 5.41) is 0.403. The standard InChI is InChI=1S/C20H20ClN3O6/c1-28-15-7-11(8-16(29-2)18(15)30-3)19(26)23-22-14-10-17(25)24(20(14)27)13-6-4-5-12(21)9-13/h4-9,14,22H,10H2,1-3H3,(H,23,26). The van der Waals surface area contributed by atoms with E-state index in [2.05, 4.69) is 10.9 Å². The second-order valence-corrected chi connectivity index (χ2v) is 6.75. The van der Waals surface area contributed by atoms with Gasteiger partial charge in [-0.05, 0) is 30.3 Å². The summed E-state index contributed by atoms with van der Waals surface area (Å²) in [7, 11) is 4.32. The number of ether oxygens (including phenoxy) is 3. The number of rotatable bonds is 7. The van der Waals surface area contributed by atoms with Gasteiger partial charge in [-0.25, -0.2) is 10.3 Å². The van der Waals surface area contributed by atoms with Crippen LogP contribution in [0.5, 0.6) is 17.2 Å². The fraction of sp³-hybridized carbons (Fsp3) is 0.250. The molecule has 3 amide bonds. The van der Waals surface area contributed by atoms with E-state index in [1.165, 1.54) is 39.5 Å². The third-order valence-corrected chi connectivity index (χ3v) is 4.73. The Morgan fingerprint density at radius 3 is 2.30 bits per heavy atom. The lowest BCUT2D eigenvalue weighted by molar-refractivity contribution is -0.121. The predicted octanol–water partition coefficient (Wildman–Crippen LogP) is 1.93. The summed E-state index contributed by atoms with van der Waals surface area (Å²) in [5.74, 6) is -0.481. The number of benzene rings is 2. The van der Waals surface area contributed by atoms with Gasteiger partial charge in [0.2, 0.25) is 11.7 Å². The molecule has 0 bridgehead atoms. The fourth-order valence-corrected chi connectivity index (χ4v) is 3.25. The largest absolute Gasteiger partial charge is 0.493 e. The molecule has 2 aromatic rings. The molecule has 1 heterocycles. The Morgan fingerprint density at radius 2 is 1.73 bits per heavy atom. The van der Waals surface area contributed by atoms with Crippen molar-refractivity contribution in [3.63, 3.8) is 0 Å². The highest BCUT2D eigenvalue weighted by atomic mass is 35.5. The molecule has 0 saturated carbocycles. The van der Waals surface area contributed by atoms with Crippen LogP contribution in [0, 0.1) is 0 Å². The van der Waals surface area contributed by atoms with Crippen LogP contribution in [0.2, 0.25) is 5.02 Å². The zero-order chi connectivity index (χ0) is 21.8. The van der Waals surface area contributed by atoms with Crippen molar-refractivity contribution >= 4 is 35.0 Å². The van der Waals surface area contributed by atoms with E-state index in [-0.39, 0.29) is 12.0 Å². The second-order valence-electron chi connectivity index (χ2n) is 6.32. The van der Waals surface area contributed by atoms with Crippen molar-refractivity contribution in [2.75, 3.05) is 26.2 Å². The molecule has 10 heteroatoms. The summed E-state index contributed by atoms with van der Waals surface area (Å²) in [6, 6.07) is 8.44. The first-order valence-electron chi connectivity index (χ1n) is 8.87. The monoisotopic (exact) mass is 433 g/mol. The quantitative estimate of drug-likeness (QED) is 0.507. The Balaban J connectivity index is 1.72. The molecule has 1 fully saturated rings. The van der Waals surface area contributed by atoms with E-state index in [0.29, 0.717) is 28.0 Å². The van der Waals surface area contributed by atoms with Crippen LogP contribution in [0.25, 0.3) is 0 Å². The topological polar surface area (TPSA) is 106 Å². The Hall–Kier alpha value is -3.30. The minimum Gasteiger partial charge on any atom is -0.493 e. The second kappa shape index (κ2) is 9.02. The molecule has 1 aliphatic rings. The zero-order valence-electron chi connectivity index (χ0n) is 16.5. The summed E-state index contributed by atoms with van der Waals surface area (Å²) in [5.41, 5.74) is 5.65.